The molecular formula is C21H28N6O6S. The molecule has 2 aromatic rings. The largest absolute Gasteiger partial charge is 0.726 e. The lowest BCUT2D eigenvalue weighted by Gasteiger charge is -2.29. The third-order valence-corrected chi connectivity index (χ3v) is 4.83. The van der Waals surface area contributed by atoms with Crippen molar-refractivity contribution >= 4 is 33.1 Å². The van der Waals surface area contributed by atoms with Crippen molar-refractivity contribution in [1.29, 1.82) is 5.26 Å². The number of rotatable bonds is 9. The lowest BCUT2D eigenvalue weighted by atomic mass is 10.2. The molecule has 0 radical (unpaired) electrons. The van der Waals surface area contributed by atoms with Crippen LogP contribution in [0.15, 0.2) is 52.7 Å². The highest BCUT2D eigenvalue weighted by molar-refractivity contribution is 7.80. The summed E-state index contributed by atoms with van der Waals surface area (Å²) < 4.78 is 31.9. The Balaban J connectivity index is 0.000000852. The lowest BCUT2D eigenvalue weighted by molar-refractivity contribution is -0.868. The van der Waals surface area contributed by atoms with E-state index < -0.39 is 15.3 Å². The molecule has 0 heterocycles. The third kappa shape index (κ3) is 10.5. The number of anilines is 1. The van der Waals surface area contributed by atoms with Crippen LogP contribution in [0.2, 0.25) is 0 Å². The number of nitrogens with zero attached hydrogens (tertiary/aromatic N) is 6. The molecule has 0 N–H and O–H groups in total. The van der Waals surface area contributed by atoms with Crippen LogP contribution in [0.4, 0.5) is 22.7 Å². The molecule has 0 aliphatic carbocycles. The average Bonchev–Trinajstić information content (AvgIpc) is 2.77. The summed E-state index contributed by atoms with van der Waals surface area (Å²) in [4.78, 5) is 12.6. The van der Waals surface area contributed by atoms with Crippen LogP contribution in [0, 0.1) is 21.4 Å². The van der Waals surface area contributed by atoms with Gasteiger partial charge in [0.25, 0.3) is 5.69 Å². The van der Waals surface area contributed by atoms with Crippen molar-refractivity contribution in [2.45, 2.75) is 6.92 Å². The predicted octanol–water partition coefficient (Wildman–Crippen LogP) is 3.51. The average molecular weight is 493 g/mol. The Bertz CT molecular complexity index is 1140. The molecule has 0 aliphatic rings. The minimum Gasteiger partial charge on any atom is -0.726 e. The second kappa shape index (κ2) is 12.7. The number of quaternary nitrogens is 1. The zero-order valence-corrected chi connectivity index (χ0v) is 20.5. The third-order valence-electron chi connectivity index (χ3n) is 4.43. The van der Waals surface area contributed by atoms with Crippen molar-refractivity contribution in [3.05, 3.63) is 58.1 Å². The quantitative estimate of drug-likeness (QED) is 0.128. The van der Waals surface area contributed by atoms with Crippen LogP contribution in [0.3, 0.4) is 0 Å². The molecule has 0 saturated carbocycles. The zero-order valence-electron chi connectivity index (χ0n) is 19.7. The Morgan fingerprint density at radius 1 is 1.15 bits per heavy atom. The van der Waals surface area contributed by atoms with Gasteiger partial charge in [-0.25, -0.2) is 8.42 Å². The summed E-state index contributed by atoms with van der Waals surface area (Å²) in [6, 6.07) is 13.6. The number of nitro groups is 1. The van der Waals surface area contributed by atoms with Crippen molar-refractivity contribution < 1.29 is 26.6 Å². The molecule has 0 aliphatic heterocycles. The van der Waals surface area contributed by atoms with Gasteiger partial charge in [0, 0.05) is 24.4 Å². The Morgan fingerprint density at radius 2 is 1.74 bits per heavy atom. The first-order chi connectivity index (χ1) is 15.8. The molecule has 34 heavy (non-hydrogen) atoms. The van der Waals surface area contributed by atoms with E-state index in [1.165, 1.54) is 18.2 Å². The van der Waals surface area contributed by atoms with E-state index in [1.54, 1.807) is 0 Å². The number of nitriles is 1. The van der Waals surface area contributed by atoms with Crippen molar-refractivity contribution in [3.8, 4) is 6.07 Å². The monoisotopic (exact) mass is 492 g/mol. The van der Waals surface area contributed by atoms with Crippen molar-refractivity contribution in [2.24, 2.45) is 10.2 Å². The molecule has 12 nitrogen and oxygen atoms in total. The highest BCUT2D eigenvalue weighted by atomic mass is 32.3. The molecule has 2 aromatic carbocycles. The van der Waals surface area contributed by atoms with E-state index in [2.05, 4.69) is 47.4 Å². The van der Waals surface area contributed by atoms with Crippen LogP contribution in [0.5, 0.6) is 0 Å². The summed E-state index contributed by atoms with van der Waals surface area (Å²) in [5, 5.41) is 28.2. The number of benzene rings is 2. The minimum absolute atomic E-state index is 0.118. The van der Waals surface area contributed by atoms with E-state index in [-0.39, 0.29) is 11.3 Å². The van der Waals surface area contributed by atoms with Gasteiger partial charge in [0.1, 0.15) is 11.8 Å². The van der Waals surface area contributed by atoms with Gasteiger partial charge in [0.2, 0.25) is 10.4 Å². The fourth-order valence-corrected chi connectivity index (χ4v) is 2.55. The number of nitro benzene ring substituents is 1. The van der Waals surface area contributed by atoms with Crippen LogP contribution >= 0.6 is 0 Å². The SMILES string of the molecule is CCN(CC[N+](C)(C)C)c1ccc(N=Nc2ccc([N+](=O)[O-])cc2C#N)cc1.COS(=O)(=O)[O-]. The van der Waals surface area contributed by atoms with E-state index >= 15 is 0 Å². The maximum Gasteiger partial charge on any atom is 0.270 e. The van der Waals surface area contributed by atoms with Gasteiger partial charge in [-0.2, -0.15) is 10.4 Å². The molecule has 2 rings (SSSR count). The van der Waals surface area contributed by atoms with Crippen LogP contribution in [-0.2, 0) is 14.6 Å². The maximum atomic E-state index is 10.8. The lowest BCUT2D eigenvalue weighted by Crippen LogP contribution is -2.42. The fraction of sp³-hybridized carbons (Fsp3) is 0.381. The van der Waals surface area contributed by atoms with Crippen molar-refractivity contribution in [1.82, 2.24) is 0 Å². The van der Waals surface area contributed by atoms with Crippen LogP contribution in [-0.4, -0.2) is 70.3 Å². The second-order valence-electron chi connectivity index (χ2n) is 7.96. The maximum absolute atomic E-state index is 10.8. The molecule has 0 unspecified atom stereocenters. The normalized spacial score (nSPS) is 11.4. The Morgan fingerprint density at radius 3 is 2.18 bits per heavy atom. The van der Waals surface area contributed by atoms with E-state index in [1.807, 2.05) is 30.3 Å². The van der Waals surface area contributed by atoms with Crippen molar-refractivity contribution in [3.63, 3.8) is 0 Å². The summed E-state index contributed by atoms with van der Waals surface area (Å²) >= 11 is 0. The molecule has 0 aromatic heterocycles. The summed E-state index contributed by atoms with van der Waals surface area (Å²) in [6.07, 6.45) is 0. The van der Waals surface area contributed by atoms with Gasteiger partial charge in [-0.05, 0) is 37.3 Å². The topological polar surface area (TPSA) is 161 Å². The molecule has 0 amide bonds. The smallest absolute Gasteiger partial charge is 0.270 e. The van der Waals surface area contributed by atoms with E-state index in [0.717, 1.165) is 36.9 Å². The molecule has 0 atom stereocenters. The summed E-state index contributed by atoms with van der Waals surface area (Å²) in [5.74, 6) is 0. The Kier molecular flexibility index (Phi) is 10.7. The van der Waals surface area contributed by atoms with Gasteiger partial charge in [-0.3, -0.25) is 14.3 Å². The first-order valence-electron chi connectivity index (χ1n) is 10.1. The molecular weight excluding hydrogens is 464 g/mol. The minimum atomic E-state index is -4.41. The summed E-state index contributed by atoms with van der Waals surface area (Å²) in [5.41, 5.74) is 2.03. The standard InChI is InChI=1S/C20H25N6O2.CH4O4S/c1-5-24(12-13-26(2,3)4)18-8-6-17(7-9-18)22-23-20-11-10-19(25(27)28)14-16(20)15-21;1-5-6(2,3)4/h6-11,14H,5,12-13H2,1-4H3;1H3,(H,2,3,4)/q+1;/p-1. The van der Waals surface area contributed by atoms with Gasteiger partial charge in [-0.15, -0.1) is 5.11 Å². The zero-order chi connectivity index (χ0) is 25.9. The molecule has 0 saturated heterocycles. The Labute approximate surface area is 199 Å². The summed E-state index contributed by atoms with van der Waals surface area (Å²) in [7, 11) is 2.91. The fourth-order valence-electron chi connectivity index (χ4n) is 2.55. The van der Waals surface area contributed by atoms with Gasteiger partial charge in [0.05, 0.1) is 57.5 Å². The molecule has 184 valence electrons. The first kappa shape index (κ1) is 28.6. The van der Waals surface area contributed by atoms with Crippen LogP contribution in [0.25, 0.3) is 0 Å². The van der Waals surface area contributed by atoms with E-state index in [9.17, 15) is 28.3 Å². The molecule has 0 spiro atoms. The van der Waals surface area contributed by atoms with Gasteiger partial charge in [0.15, 0.2) is 0 Å². The predicted molar refractivity (Wildman–Crippen MR) is 126 cm³/mol. The number of likely N-dealkylation sites (N-methyl/N-ethyl adjacent to an activating group) is 2. The number of non-ortho nitro benzene ring substituents is 1. The van der Waals surface area contributed by atoms with Crippen LogP contribution < -0.4 is 4.90 Å². The highest BCUT2D eigenvalue weighted by Crippen LogP contribution is 2.27. The van der Waals surface area contributed by atoms with Gasteiger partial charge >= 0.3 is 0 Å². The van der Waals surface area contributed by atoms with E-state index in [0.29, 0.717) is 11.4 Å². The summed E-state index contributed by atoms with van der Waals surface area (Å²) in [6.45, 7) is 5.03. The molecule has 0 fully saturated rings. The van der Waals surface area contributed by atoms with Gasteiger partial charge < -0.3 is 13.9 Å². The Hall–Kier alpha value is -3.44. The van der Waals surface area contributed by atoms with Gasteiger partial charge in [-0.1, -0.05) is 0 Å². The first-order valence-corrected chi connectivity index (χ1v) is 11.4. The second-order valence-corrected chi connectivity index (χ2v) is 9.11. The molecule has 0 bridgehead atoms. The molecule has 13 heteroatoms. The van der Waals surface area contributed by atoms with Crippen LogP contribution in [0.1, 0.15) is 12.5 Å². The van der Waals surface area contributed by atoms with Crippen molar-refractivity contribution in [2.75, 3.05) is 52.8 Å². The number of hydrogen-bond donors (Lipinski definition) is 0. The number of azo groups is 1. The highest BCUT2D eigenvalue weighted by Gasteiger charge is 2.12. The number of hydrogen-bond acceptors (Lipinski definition) is 10. The van der Waals surface area contributed by atoms with E-state index in [4.69, 9.17) is 0 Å².